The third-order valence-electron chi connectivity index (χ3n) is 2.68. The number of ether oxygens (including phenoxy) is 1. The van der Waals surface area contributed by atoms with Crippen LogP contribution in [-0.4, -0.2) is 31.0 Å². The Morgan fingerprint density at radius 1 is 1.41 bits per heavy atom. The van der Waals surface area contributed by atoms with Crippen LogP contribution in [0.2, 0.25) is 0 Å². The van der Waals surface area contributed by atoms with E-state index in [-0.39, 0.29) is 5.91 Å². The minimum atomic E-state index is -0.648. The van der Waals surface area contributed by atoms with Gasteiger partial charge in [0.05, 0.1) is 7.11 Å². The van der Waals surface area contributed by atoms with E-state index in [0.29, 0.717) is 18.8 Å². The summed E-state index contributed by atoms with van der Waals surface area (Å²) >= 11 is 6.19. The van der Waals surface area contributed by atoms with Gasteiger partial charge in [0, 0.05) is 13.1 Å². The first-order valence-corrected chi connectivity index (χ1v) is 6.14. The largest absolute Gasteiger partial charge is 0.497 e. The Balaban J connectivity index is 2.87. The monoisotopic (exact) mass is 255 g/mol. The molecule has 4 heteroatoms. The number of methoxy groups -OCH3 is 1. The summed E-state index contributed by atoms with van der Waals surface area (Å²) in [6.45, 7) is 5.22. The molecule has 0 bridgehead atoms. The molecule has 94 valence electrons. The van der Waals surface area contributed by atoms with Crippen LogP contribution in [0.5, 0.6) is 5.75 Å². The Morgan fingerprint density at radius 3 is 2.59 bits per heavy atom. The average Bonchev–Trinajstić information content (AvgIpc) is 2.39. The number of likely N-dealkylation sites (N-methyl/N-ethyl adjacent to an activating group) is 1. The predicted octanol–water partition coefficient (Wildman–Crippen LogP) is 2.84. The fraction of sp³-hybridized carbons (Fsp3) is 0.462. The van der Waals surface area contributed by atoms with E-state index < -0.39 is 5.38 Å². The number of hydrogen-bond acceptors (Lipinski definition) is 2. The molecule has 1 aromatic rings. The van der Waals surface area contributed by atoms with E-state index in [2.05, 4.69) is 0 Å². The fourth-order valence-electron chi connectivity index (χ4n) is 1.64. The number of alkyl halides is 1. The molecule has 0 aliphatic heterocycles. The zero-order chi connectivity index (χ0) is 12.8. The molecular weight excluding hydrogens is 238 g/mol. The van der Waals surface area contributed by atoms with Crippen molar-refractivity contribution in [3.63, 3.8) is 0 Å². The number of halogens is 1. The van der Waals surface area contributed by atoms with Gasteiger partial charge >= 0.3 is 0 Å². The van der Waals surface area contributed by atoms with Crippen molar-refractivity contribution in [2.24, 2.45) is 0 Å². The SMILES string of the molecule is CCN(CC)C(=O)C(Cl)c1cccc(OC)c1. The summed E-state index contributed by atoms with van der Waals surface area (Å²) in [5.41, 5.74) is 0.767. The van der Waals surface area contributed by atoms with Crippen molar-refractivity contribution >= 4 is 17.5 Å². The molecule has 1 atom stereocenters. The molecule has 0 aliphatic rings. The highest BCUT2D eigenvalue weighted by molar-refractivity contribution is 6.30. The number of rotatable bonds is 5. The molecule has 0 saturated carbocycles. The van der Waals surface area contributed by atoms with E-state index in [1.165, 1.54) is 0 Å². The molecule has 0 spiro atoms. The van der Waals surface area contributed by atoms with Gasteiger partial charge in [-0.2, -0.15) is 0 Å². The molecule has 0 fully saturated rings. The van der Waals surface area contributed by atoms with Crippen molar-refractivity contribution in [2.75, 3.05) is 20.2 Å². The van der Waals surface area contributed by atoms with Gasteiger partial charge in [-0.15, -0.1) is 11.6 Å². The summed E-state index contributed by atoms with van der Waals surface area (Å²) in [4.78, 5) is 13.8. The molecular formula is C13H18ClNO2. The zero-order valence-corrected chi connectivity index (χ0v) is 11.2. The van der Waals surface area contributed by atoms with E-state index >= 15 is 0 Å². The summed E-state index contributed by atoms with van der Waals surface area (Å²) in [5, 5.41) is -0.648. The highest BCUT2D eigenvalue weighted by Crippen LogP contribution is 2.26. The van der Waals surface area contributed by atoms with Crippen LogP contribution in [0.25, 0.3) is 0 Å². The first-order chi connectivity index (χ1) is 8.13. The van der Waals surface area contributed by atoms with Crippen molar-refractivity contribution < 1.29 is 9.53 Å². The van der Waals surface area contributed by atoms with E-state index in [9.17, 15) is 4.79 Å². The van der Waals surface area contributed by atoms with Crippen LogP contribution >= 0.6 is 11.6 Å². The van der Waals surface area contributed by atoms with Gasteiger partial charge in [0.1, 0.15) is 11.1 Å². The lowest BCUT2D eigenvalue weighted by molar-refractivity contribution is -0.130. The number of hydrogen-bond donors (Lipinski definition) is 0. The minimum absolute atomic E-state index is 0.0649. The maximum Gasteiger partial charge on any atom is 0.245 e. The van der Waals surface area contributed by atoms with Crippen LogP contribution < -0.4 is 4.74 Å². The van der Waals surface area contributed by atoms with Crippen LogP contribution in [0.1, 0.15) is 24.8 Å². The average molecular weight is 256 g/mol. The van der Waals surface area contributed by atoms with Gasteiger partial charge in [0.15, 0.2) is 0 Å². The number of carbonyl (C=O) groups excluding carboxylic acids is 1. The molecule has 17 heavy (non-hydrogen) atoms. The Labute approximate surface area is 107 Å². The molecule has 0 saturated heterocycles. The first kappa shape index (κ1) is 13.8. The van der Waals surface area contributed by atoms with Gasteiger partial charge in [0.2, 0.25) is 5.91 Å². The summed E-state index contributed by atoms with van der Waals surface area (Å²) in [7, 11) is 1.59. The second-order valence-corrected chi connectivity index (χ2v) is 4.09. The van der Waals surface area contributed by atoms with Gasteiger partial charge in [-0.05, 0) is 31.5 Å². The molecule has 3 nitrogen and oxygen atoms in total. The van der Waals surface area contributed by atoms with E-state index in [4.69, 9.17) is 16.3 Å². The lowest BCUT2D eigenvalue weighted by atomic mass is 10.1. The van der Waals surface area contributed by atoms with Crippen LogP contribution in [0, 0.1) is 0 Å². The second-order valence-electron chi connectivity index (χ2n) is 3.65. The molecule has 0 aromatic heterocycles. The second kappa shape index (κ2) is 6.50. The summed E-state index contributed by atoms with van der Waals surface area (Å²) in [6, 6.07) is 7.29. The fourth-order valence-corrected chi connectivity index (χ4v) is 1.91. The van der Waals surface area contributed by atoms with Crippen LogP contribution in [-0.2, 0) is 4.79 Å². The van der Waals surface area contributed by atoms with Crippen LogP contribution in [0.15, 0.2) is 24.3 Å². The van der Waals surface area contributed by atoms with Gasteiger partial charge in [0.25, 0.3) is 0 Å². The van der Waals surface area contributed by atoms with Crippen molar-refractivity contribution in [3.8, 4) is 5.75 Å². The maximum atomic E-state index is 12.1. The van der Waals surface area contributed by atoms with Crippen molar-refractivity contribution in [2.45, 2.75) is 19.2 Å². The first-order valence-electron chi connectivity index (χ1n) is 5.70. The molecule has 0 radical (unpaired) electrons. The lowest BCUT2D eigenvalue weighted by Gasteiger charge is -2.22. The number of benzene rings is 1. The quantitative estimate of drug-likeness (QED) is 0.758. The zero-order valence-electron chi connectivity index (χ0n) is 10.4. The molecule has 1 rings (SSSR count). The van der Waals surface area contributed by atoms with E-state index in [1.54, 1.807) is 18.1 Å². The number of carbonyl (C=O) groups is 1. The lowest BCUT2D eigenvalue weighted by Crippen LogP contribution is -2.33. The Bertz CT molecular complexity index is 377. The maximum absolute atomic E-state index is 12.1. The number of amides is 1. The van der Waals surface area contributed by atoms with Crippen molar-refractivity contribution in [3.05, 3.63) is 29.8 Å². The third kappa shape index (κ3) is 3.37. The smallest absolute Gasteiger partial charge is 0.245 e. The highest BCUT2D eigenvalue weighted by atomic mass is 35.5. The normalized spacial score (nSPS) is 12.0. The highest BCUT2D eigenvalue weighted by Gasteiger charge is 2.22. The van der Waals surface area contributed by atoms with Gasteiger partial charge < -0.3 is 9.64 Å². The van der Waals surface area contributed by atoms with Gasteiger partial charge in [-0.1, -0.05) is 12.1 Å². The summed E-state index contributed by atoms with van der Waals surface area (Å²) < 4.78 is 5.11. The van der Waals surface area contributed by atoms with E-state index in [0.717, 1.165) is 5.56 Å². The molecule has 0 aliphatic carbocycles. The standard InChI is InChI=1S/C13H18ClNO2/c1-4-15(5-2)13(16)12(14)10-7-6-8-11(9-10)17-3/h6-9,12H,4-5H2,1-3H3. The van der Waals surface area contributed by atoms with Crippen molar-refractivity contribution in [1.29, 1.82) is 0 Å². The molecule has 0 heterocycles. The Hall–Kier alpha value is -1.22. The molecule has 1 unspecified atom stereocenters. The number of nitrogens with zero attached hydrogens (tertiary/aromatic N) is 1. The molecule has 1 amide bonds. The predicted molar refractivity (Wildman–Crippen MR) is 69.5 cm³/mol. The summed E-state index contributed by atoms with van der Waals surface area (Å²) in [6.07, 6.45) is 0. The van der Waals surface area contributed by atoms with Crippen LogP contribution in [0.3, 0.4) is 0 Å². The molecule has 1 aromatic carbocycles. The third-order valence-corrected chi connectivity index (χ3v) is 3.12. The van der Waals surface area contributed by atoms with Crippen LogP contribution in [0.4, 0.5) is 0 Å². The van der Waals surface area contributed by atoms with Crippen molar-refractivity contribution in [1.82, 2.24) is 4.90 Å². The Morgan fingerprint density at radius 2 is 2.06 bits per heavy atom. The van der Waals surface area contributed by atoms with E-state index in [1.807, 2.05) is 32.0 Å². The minimum Gasteiger partial charge on any atom is -0.497 e. The molecule has 0 N–H and O–H groups in total. The topological polar surface area (TPSA) is 29.5 Å². The Kier molecular flexibility index (Phi) is 5.29. The van der Waals surface area contributed by atoms with Gasteiger partial charge in [-0.3, -0.25) is 4.79 Å². The summed E-state index contributed by atoms with van der Waals surface area (Å²) in [5.74, 6) is 0.644. The van der Waals surface area contributed by atoms with Gasteiger partial charge in [-0.25, -0.2) is 0 Å².